The summed E-state index contributed by atoms with van der Waals surface area (Å²) in [6, 6.07) is 13.8. The highest BCUT2D eigenvalue weighted by Gasteiger charge is 2.50. The molecule has 2 aromatic carbocycles. The zero-order valence-electron chi connectivity index (χ0n) is 18.2. The molecular formula is C26H25NO5S. The van der Waals surface area contributed by atoms with Crippen LogP contribution in [0.3, 0.4) is 0 Å². The summed E-state index contributed by atoms with van der Waals surface area (Å²) in [5.74, 6) is -2.89. The summed E-state index contributed by atoms with van der Waals surface area (Å²) in [7, 11) is 1.32. The highest BCUT2D eigenvalue weighted by atomic mass is 32.1. The number of carbonyl (C=O) groups is 3. The molecule has 0 radical (unpaired) electrons. The van der Waals surface area contributed by atoms with Crippen LogP contribution >= 0.6 is 11.3 Å². The van der Waals surface area contributed by atoms with Crippen molar-refractivity contribution in [3.8, 4) is 11.1 Å². The molecule has 3 aliphatic rings. The van der Waals surface area contributed by atoms with Gasteiger partial charge in [0.05, 0.1) is 18.9 Å². The van der Waals surface area contributed by atoms with Crippen molar-refractivity contribution in [1.82, 2.24) is 0 Å². The number of carbonyl (C=O) groups excluding carboxylic acids is 2. The number of nitrogens with one attached hydrogen (secondary N) is 1. The van der Waals surface area contributed by atoms with Gasteiger partial charge in [0.1, 0.15) is 10.6 Å². The van der Waals surface area contributed by atoms with Gasteiger partial charge in [-0.15, -0.1) is 11.3 Å². The molecule has 3 aromatic rings. The molecule has 1 amide bonds. The first-order valence-electron chi connectivity index (χ1n) is 11.2. The second-order valence-corrected chi connectivity index (χ2v) is 9.81. The molecule has 2 N–H and O–H groups in total. The molecule has 6 rings (SSSR count). The van der Waals surface area contributed by atoms with E-state index in [-0.39, 0.29) is 17.7 Å². The average molecular weight is 464 g/mol. The fourth-order valence-corrected chi connectivity index (χ4v) is 6.74. The molecule has 170 valence electrons. The Bertz CT molecular complexity index is 1240. The molecule has 0 aliphatic heterocycles. The number of hydrogen-bond donors (Lipinski definition) is 2. The Hall–Kier alpha value is -3.19. The summed E-state index contributed by atoms with van der Waals surface area (Å²) in [5.41, 5.74) is 1.88. The molecule has 0 unspecified atom stereocenters. The Morgan fingerprint density at radius 3 is 2.30 bits per heavy atom. The molecule has 2 atom stereocenters. The van der Waals surface area contributed by atoms with Crippen LogP contribution in [0.4, 0.5) is 5.00 Å². The number of amides is 1. The van der Waals surface area contributed by atoms with Crippen LogP contribution in [0.2, 0.25) is 0 Å². The lowest BCUT2D eigenvalue weighted by atomic mass is 9.58. The number of fused-ring (bicyclic) bond motifs is 4. The molecule has 7 heteroatoms. The minimum Gasteiger partial charge on any atom is -0.481 e. The van der Waals surface area contributed by atoms with E-state index in [1.165, 1.54) is 18.4 Å². The predicted octanol–water partition coefficient (Wildman–Crippen LogP) is 5.43. The average Bonchev–Trinajstić information content (AvgIpc) is 3.26. The monoisotopic (exact) mass is 463 g/mol. The van der Waals surface area contributed by atoms with E-state index in [9.17, 15) is 19.5 Å². The first kappa shape index (κ1) is 21.6. The van der Waals surface area contributed by atoms with E-state index < -0.39 is 23.8 Å². The van der Waals surface area contributed by atoms with E-state index in [1.54, 1.807) is 0 Å². The van der Waals surface area contributed by atoms with Gasteiger partial charge in [0.2, 0.25) is 5.91 Å². The number of ether oxygens (including phenoxy) is 1. The van der Waals surface area contributed by atoms with Crippen molar-refractivity contribution >= 4 is 45.0 Å². The number of esters is 1. The van der Waals surface area contributed by atoms with Crippen LogP contribution in [0, 0.1) is 23.7 Å². The molecule has 0 spiro atoms. The summed E-state index contributed by atoms with van der Waals surface area (Å²) < 4.78 is 5.07. The molecule has 3 aliphatic carbocycles. The Morgan fingerprint density at radius 1 is 0.939 bits per heavy atom. The van der Waals surface area contributed by atoms with Crippen molar-refractivity contribution in [3.63, 3.8) is 0 Å². The summed E-state index contributed by atoms with van der Waals surface area (Å²) in [5, 5.41) is 17.0. The van der Waals surface area contributed by atoms with Crippen LogP contribution in [0.5, 0.6) is 0 Å². The topological polar surface area (TPSA) is 92.7 Å². The number of carboxylic acid groups (broad SMARTS) is 1. The van der Waals surface area contributed by atoms with Crippen molar-refractivity contribution in [3.05, 3.63) is 53.4 Å². The largest absolute Gasteiger partial charge is 0.481 e. The molecule has 1 heterocycles. The second kappa shape index (κ2) is 8.63. The van der Waals surface area contributed by atoms with Gasteiger partial charge in [-0.1, -0.05) is 42.5 Å². The maximum atomic E-state index is 13.4. The zero-order chi connectivity index (χ0) is 23.1. The molecule has 3 fully saturated rings. The van der Waals surface area contributed by atoms with Crippen LogP contribution in [-0.4, -0.2) is 30.1 Å². The highest BCUT2D eigenvalue weighted by Crippen LogP contribution is 2.50. The second-order valence-electron chi connectivity index (χ2n) is 8.93. The number of hydrogen-bond acceptors (Lipinski definition) is 5. The van der Waals surface area contributed by atoms with E-state index in [0.29, 0.717) is 16.1 Å². The van der Waals surface area contributed by atoms with Gasteiger partial charge < -0.3 is 15.2 Å². The maximum Gasteiger partial charge on any atom is 0.341 e. The normalized spacial score (nSPS) is 23.9. The fraction of sp³-hybridized carbons (Fsp3) is 0.346. The summed E-state index contributed by atoms with van der Waals surface area (Å²) in [6.45, 7) is 0. The van der Waals surface area contributed by atoms with Gasteiger partial charge in [-0.25, -0.2) is 4.79 Å². The third-order valence-corrected chi connectivity index (χ3v) is 8.20. The van der Waals surface area contributed by atoms with Crippen molar-refractivity contribution in [2.75, 3.05) is 12.4 Å². The number of anilines is 1. The van der Waals surface area contributed by atoms with Crippen LogP contribution < -0.4 is 5.32 Å². The van der Waals surface area contributed by atoms with Crippen molar-refractivity contribution in [2.24, 2.45) is 23.7 Å². The van der Waals surface area contributed by atoms with Crippen LogP contribution in [0.15, 0.2) is 47.8 Å². The SMILES string of the molecule is COC(=O)c1c(-c2cccc3ccccc23)csc1NC(=O)[C@H]1C2CCC(CC2)[C@H]1C(=O)O. The molecule has 0 saturated heterocycles. The third-order valence-electron chi connectivity index (χ3n) is 7.30. The minimum atomic E-state index is -0.902. The number of benzene rings is 2. The molecular weight excluding hydrogens is 438 g/mol. The lowest BCUT2D eigenvalue weighted by Crippen LogP contribution is -2.49. The molecule has 3 saturated carbocycles. The number of aliphatic carboxylic acids is 1. The third kappa shape index (κ3) is 3.70. The lowest BCUT2D eigenvalue weighted by molar-refractivity contribution is -0.156. The van der Waals surface area contributed by atoms with E-state index >= 15 is 0 Å². The van der Waals surface area contributed by atoms with E-state index in [4.69, 9.17) is 4.74 Å². The van der Waals surface area contributed by atoms with Crippen molar-refractivity contribution < 1.29 is 24.2 Å². The van der Waals surface area contributed by atoms with Gasteiger partial charge in [-0.3, -0.25) is 9.59 Å². The van der Waals surface area contributed by atoms with Gasteiger partial charge in [0, 0.05) is 10.9 Å². The number of thiophene rings is 1. The molecule has 1 aromatic heterocycles. The first-order valence-corrected chi connectivity index (χ1v) is 12.1. The van der Waals surface area contributed by atoms with Crippen LogP contribution in [-0.2, 0) is 14.3 Å². The molecule has 2 bridgehead atoms. The van der Waals surface area contributed by atoms with Crippen molar-refractivity contribution in [2.45, 2.75) is 25.7 Å². The minimum absolute atomic E-state index is 0.0397. The van der Waals surface area contributed by atoms with Gasteiger partial charge >= 0.3 is 11.9 Å². The quantitative estimate of drug-likeness (QED) is 0.492. The maximum absolute atomic E-state index is 13.4. The van der Waals surface area contributed by atoms with Gasteiger partial charge in [0.25, 0.3) is 0 Å². The standard InChI is InChI=1S/C26H25NO5S/c1-32-26(31)22-19(18-8-4-6-14-5-2-3-7-17(14)18)13-33-24(22)27-23(28)20-15-9-11-16(12-10-15)21(20)25(29)30/h2-8,13,15-16,20-21H,9-12H2,1H3,(H,27,28)(H,29,30)/t15?,16?,20-,21+/m0/s1. The molecule has 6 nitrogen and oxygen atoms in total. The van der Waals surface area contributed by atoms with Gasteiger partial charge in [-0.2, -0.15) is 0 Å². The Labute approximate surface area is 195 Å². The first-order chi connectivity index (χ1) is 16.0. The predicted molar refractivity (Wildman–Crippen MR) is 127 cm³/mol. The Balaban J connectivity index is 1.53. The van der Waals surface area contributed by atoms with Crippen LogP contribution in [0.25, 0.3) is 21.9 Å². The van der Waals surface area contributed by atoms with Crippen LogP contribution in [0.1, 0.15) is 36.0 Å². The summed E-state index contributed by atoms with van der Waals surface area (Å²) >= 11 is 1.27. The number of carboxylic acids is 1. The number of methoxy groups -OCH3 is 1. The van der Waals surface area contributed by atoms with E-state index in [2.05, 4.69) is 5.32 Å². The van der Waals surface area contributed by atoms with Crippen molar-refractivity contribution in [1.29, 1.82) is 0 Å². The Kier molecular flexibility index (Phi) is 5.66. The van der Waals surface area contributed by atoms with Gasteiger partial charge in [0.15, 0.2) is 0 Å². The van der Waals surface area contributed by atoms with E-state index in [0.717, 1.165) is 42.0 Å². The lowest BCUT2D eigenvalue weighted by Gasteiger charge is -2.45. The smallest absolute Gasteiger partial charge is 0.341 e. The summed E-state index contributed by atoms with van der Waals surface area (Å²) in [4.78, 5) is 38.2. The number of rotatable bonds is 5. The Morgan fingerprint density at radius 2 is 1.61 bits per heavy atom. The van der Waals surface area contributed by atoms with E-state index in [1.807, 2.05) is 47.8 Å². The fourth-order valence-electron chi connectivity index (χ4n) is 5.79. The highest BCUT2D eigenvalue weighted by molar-refractivity contribution is 7.15. The summed E-state index contributed by atoms with van der Waals surface area (Å²) in [6.07, 6.45) is 3.48. The van der Waals surface area contributed by atoms with Gasteiger partial charge in [-0.05, 0) is 53.9 Å². The molecule has 33 heavy (non-hydrogen) atoms. The zero-order valence-corrected chi connectivity index (χ0v) is 19.1.